The van der Waals surface area contributed by atoms with Crippen molar-refractivity contribution in [3.8, 4) is 0 Å². The van der Waals surface area contributed by atoms with Crippen molar-refractivity contribution >= 4 is 5.91 Å². The molecule has 1 aliphatic rings. The molecule has 1 aliphatic carbocycles. The molecule has 2 rings (SSSR count). The summed E-state index contributed by atoms with van der Waals surface area (Å²) >= 11 is 0. The summed E-state index contributed by atoms with van der Waals surface area (Å²) in [7, 11) is 0. The summed E-state index contributed by atoms with van der Waals surface area (Å²) in [5, 5.41) is 19.6. The summed E-state index contributed by atoms with van der Waals surface area (Å²) < 4.78 is 5.58. The molecule has 106 valence electrons. The number of amides is 1. The zero-order chi connectivity index (χ0) is 14.1. The largest absolute Gasteiger partial charge is 0.387 e. The maximum atomic E-state index is 11.8. The number of rotatable bonds is 5. The molecule has 0 saturated heterocycles. The lowest BCUT2D eigenvalue weighted by Crippen LogP contribution is -2.68. The molecule has 1 aromatic heterocycles. The molecule has 6 heteroatoms. The Morgan fingerprint density at radius 1 is 1.68 bits per heavy atom. The van der Waals surface area contributed by atoms with Crippen LogP contribution in [0.1, 0.15) is 37.6 Å². The summed E-state index contributed by atoms with van der Waals surface area (Å²) in [4.78, 5) is 11.8. The maximum absolute atomic E-state index is 11.8. The predicted molar refractivity (Wildman–Crippen MR) is 69.7 cm³/mol. The van der Waals surface area contributed by atoms with E-state index in [1.54, 1.807) is 0 Å². The Kier molecular flexibility index (Phi) is 3.64. The van der Waals surface area contributed by atoms with E-state index in [0.717, 1.165) is 0 Å². The Balaban J connectivity index is 1.91. The fraction of sp³-hybridized carbons (Fsp3) is 0.692. The number of carbonyl (C=O) groups is 1. The number of nitrogens with one attached hydrogen (secondary N) is 2. The molecule has 0 aliphatic heterocycles. The van der Waals surface area contributed by atoms with Crippen molar-refractivity contribution in [1.82, 2.24) is 15.5 Å². The second-order valence-corrected chi connectivity index (χ2v) is 5.57. The minimum Gasteiger partial charge on any atom is -0.387 e. The van der Waals surface area contributed by atoms with Gasteiger partial charge >= 0.3 is 0 Å². The molecule has 0 unspecified atom stereocenters. The van der Waals surface area contributed by atoms with Crippen LogP contribution in [0.3, 0.4) is 0 Å². The van der Waals surface area contributed by atoms with Crippen LogP contribution in [0.15, 0.2) is 12.4 Å². The van der Waals surface area contributed by atoms with Gasteiger partial charge in [-0.15, -0.1) is 0 Å². The Morgan fingerprint density at radius 2 is 2.42 bits per heavy atom. The van der Waals surface area contributed by atoms with Gasteiger partial charge in [0.15, 0.2) is 0 Å². The monoisotopic (exact) mass is 267 g/mol. The van der Waals surface area contributed by atoms with Gasteiger partial charge in [-0.2, -0.15) is 5.10 Å². The molecule has 2 atom stereocenters. The first kappa shape index (κ1) is 14.0. The van der Waals surface area contributed by atoms with Crippen LogP contribution in [0, 0.1) is 5.41 Å². The lowest BCUT2D eigenvalue weighted by Gasteiger charge is -2.57. The van der Waals surface area contributed by atoms with Crippen LogP contribution in [0.5, 0.6) is 0 Å². The fourth-order valence-corrected chi connectivity index (χ4v) is 2.47. The molecule has 0 aromatic carbocycles. The van der Waals surface area contributed by atoms with E-state index in [4.69, 9.17) is 4.74 Å². The fourth-order valence-electron chi connectivity index (χ4n) is 2.47. The second kappa shape index (κ2) is 4.94. The minimum absolute atomic E-state index is 0.0355. The first-order chi connectivity index (χ1) is 8.90. The third-order valence-corrected chi connectivity index (χ3v) is 4.20. The van der Waals surface area contributed by atoms with E-state index >= 15 is 0 Å². The Morgan fingerprint density at radius 3 is 2.95 bits per heavy atom. The number of ether oxygens (including phenoxy) is 1. The van der Waals surface area contributed by atoms with E-state index in [0.29, 0.717) is 18.6 Å². The summed E-state index contributed by atoms with van der Waals surface area (Å²) in [6.45, 7) is 6.70. The zero-order valence-corrected chi connectivity index (χ0v) is 11.6. The predicted octanol–water partition coefficient (Wildman–Crippen LogP) is 0.706. The van der Waals surface area contributed by atoms with Gasteiger partial charge in [0.25, 0.3) is 5.91 Å². The highest BCUT2D eigenvalue weighted by atomic mass is 16.5. The number of hydrogen-bond donors (Lipinski definition) is 3. The molecular weight excluding hydrogens is 246 g/mol. The van der Waals surface area contributed by atoms with Gasteiger partial charge in [-0.3, -0.25) is 9.89 Å². The van der Waals surface area contributed by atoms with Gasteiger partial charge in [0.2, 0.25) is 0 Å². The van der Waals surface area contributed by atoms with E-state index in [1.807, 2.05) is 20.8 Å². The van der Waals surface area contributed by atoms with Crippen LogP contribution in [0.2, 0.25) is 0 Å². The Labute approximate surface area is 112 Å². The first-order valence-corrected chi connectivity index (χ1v) is 6.51. The number of H-pyrrole nitrogens is 1. The normalized spacial score (nSPS) is 28.7. The number of hydrogen-bond acceptors (Lipinski definition) is 4. The average molecular weight is 267 g/mol. The summed E-state index contributed by atoms with van der Waals surface area (Å²) in [6, 6.07) is 0. The van der Waals surface area contributed by atoms with Crippen molar-refractivity contribution < 1.29 is 14.6 Å². The lowest BCUT2D eigenvalue weighted by atomic mass is 9.56. The minimum atomic E-state index is -0.924. The summed E-state index contributed by atoms with van der Waals surface area (Å²) in [5.74, 6) is -0.238. The van der Waals surface area contributed by atoms with Gasteiger partial charge in [0, 0.05) is 31.2 Å². The topological polar surface area (TPSA) is 87.2 Å². The van der Waals surface area contributed by atoms with Crippen molar-refractivity contribution in [3.63, 3.8) is 0 Å². The summed E-state index contributed by atoms with van der Waals surface area (Å²) in [5.41, 5.74) is -0.832. The maximum Gasteiger partial charge on any atom is 0.254 e. The van der Waals surface area contributed by atoms with Crippen LogP contribution in [0.25, 0.3) is 0 Å². The van der Waals surface area contributed by atoms with Gasteiger partial charge in [0.1, 0.15) is 0 Å². The van der Waals surface area contributed by atoms with E-state index in [2.05, 4.69) is 15.5 Å². The third kappa shape index (κ3) is 2.37. The Hall–Kier alpha value is -1.40. The van der Waals surface area contributed by atoms with Gasteiger partial charge in [0.05, 0.1) is 23.5 Å². The van der Waals surface area contributed by atoms with E-state index in [-0.39, 0.29) is 24.0 Å². The molecule has 1 aromatic rings. The van der Waals surface area contributed by atoms with Gasteiger partial charge in [-0.1, -0.05) is 13.8 Å². The molecule has 6 nitrogen and oxygen atoms in total. The van der Waals surface area contributed by atoms with Crippen molar-refractivity contribution in [2.75, 3.05) is 13.2 Å². The van der Waals surface area contributed by atoms with Gasteiger partial charge < -0.3 is 15.2 Å². The first-order valence-electron chi connectivity index (χ1n) is 6.51. The molecule has 0 radical (unpaired) electrons. The summed E-state index contributed by atoms with van der Waals surface area (Å²) in [6.07, 6.45) is 3.55. The van der Waals surface area contributed by atoms with Crippen molar-refractivity contribution in [1.29, 1.82) is 0 Å². The highest BCUT2D eigenvalue weighted by molar-refractivity contribution is 5.93. The molecule has 1 heterocycles. The molecule has 0 spiro atoms. The average Bonchev–Trinajstić information content (AvgIpc) is 2.89. The quantitative estimate of drug-likeness (QED) is 0.733. The molecular formula is C13H21N3O3. The van der Waals surface area contributed by atoms with E-state index in [9.17, 15) is 9.90 Å². The van der Waals surface area contributed by atoms with Crippen LogP contribution in [0.4, 0.5) is 0 Å². The molecule has 3 N–H and O–H groups in total. The molecule has 1 amide bonds. The van der Waals surface area contributed by atoms with Gasteiger partial charge in [-0.05, 0) is 6.92 Å². The highest BCUT2D eigenvalue weighted by Crippen LogP contribution is 2.50. The molecule has 1 saturated carbocycles. The number of aromatic nitrogens is 2. The highest BCUT2D eigenvalue weighted by Gasteiger charge is 2.59. The molecule has 19 heavy (non-hydrogen) atoms. The SMILES string of the molecule is CCO[C@@H]1C[C@](O)(CNC(=O)c2cn[nH]c2)C1(C)C. The van der Waals surface area contributed by atoms with Crippen LogP contribution < -0.4 is 5.32 Å². The Bertz CT molecular complexity index is 444. The lowest BCUT2D eigenvalue weighted by molar-refractivity contribution is -0.237. The number of aromatic amines is 1. The number of aliphatic hydroxyl groups is 1. The third-order valence-electron chi connectivity index (χ3n) is 4.20. The van der Waals surface area contributed by atoms with Crippen molar-refractivity contribution in [2.45, 2.75) is 38.9 Å². The smallest absolute Gasteiger partial charge is 0.254 e. The van der Waals surface area contributed by atoms with Crippen LogP contribution in [-0.2, 0) is 4.74 Å². The van der Waals surface area contributed by atoms with E-state index < -0.39 is 5.60 Å². The van der Waals surface area contributed by atoms with Crippen molar-refractivity contribution in [3.05, 3.63) is 18.0 Å². The van der Waals surface area contributed by atoms with Crippen LogP contribution in [-0.4, -0.2) is 46.1 Å². The molecule has 1 fully saturated rings. The van der Waals surface area contributed by atoms with Gasteiger partial charge in [-0.25, -0.2) is 0 Å². The standard InChI is InChI=1S/C13H21N3O3/c1-4-19-10-5-13(18,12(10,2)3)8-14-11(17)9-6-15-16-7-9/h6-7,10,18H,4-5,8H2,1-3H3,(H,14,17)(H,15,16)/t10-,13+/m1/s1. The van der Waals surface area contributed by atoms with Crippen LogP contribution >= 0.6 is 0 Å². The van der Waals surface area contributed by atoms with E-state index in [1.165, 1.54) is 12.4 Å². The van der Waals surface area contributed by atoms with Crippen molar-refractivity contribution in [2.24, 2.45) is 5.41 Å². The zero-order valence-electron chi connectivity index (χ0n) is 11.6. The number of carbonyl (C=O) groups excluding carboxylic acids is 1. The molecule has 0 bridgehead atoms. The second-order valence-electron chi connectivity index (χ2n) is 5.57. The number of nitrogens with zero attached hydrogens (tertiary/aromatic N) is 1.